The molecule has 2 aromatic heterocycles. The highest BCUT2D eigenvalue weighted by atomic mass is 79.9. The van der Waals surface area contributed by atoms with Crippen LogP contribution in [-0.2, 0) is 0 Å². The highest BCUT2D eigenvalue weighted by molar-refractivity contribution is 9.10. The summed E-state index contributed by atoms with van der Waals surface area (Å²) < 4.78 is 1.13. The zero-order chi connectivity index (χ0) is 12.3. The van der Waals surface area contributed by atoms with Gasteiger partial charge in [0.05, 0.1) is 4.88 Å². The fourth-order valence-corrected chi connectivity index (χ4v) is 3.93. The summed E-state index contributed by atoms with van der Waals surface area (Å²) >= 11 is 6.97. The van der Waals surface area contributed by atoms with Crippen LogP contribution < -0.4 is 5.32 Å². The molecule has 2 nitrogen and oxygen atoms in total. The molecule has 1 atom stereocenters. The van der Waals surface area contributed by atoms with E-state index in [9.17, 15) is 0 Å². The minimum Gasteiger partial charge on any atom is -0.309 e. The van der Waals surface area contributed by atoms with E-state index < -0.39 is 0 Å². The second-order valence-electron chi connectivity index (χ2n) is 3.87. The Morgan fingerprint density at radius 2 is 2.35 bits per heavy atom. The molecule has 0 fully saturated rings. The number of rotatable bonds is 5. The molecule has 0 radical (unpaired) electrons. The Bertz CT molecular complexity index is 478. The molecule has 0 aromatic carbocycles. The summed E-state index contributed by atoms with van der Waals surface area (Å²) in [5.74, 6) is 0. The lowest BCUT2D eigenvalue weighted by Gasteiger charge is -2.09. The van der Waals surface area contributed by atoms with E-state index in [1.54, 1.807) is 22.7 Å². The zero-order valence-electron chi connectivity index (χ0n) is 9.87. The van der Waals surface area contributed by atoms with Gasteiger partial charge in [0.2, 0.25) is 0 Å². The van der Waals surface area contributed by atoms with Gasteiger partial charge in [-0.05, 0) is 41.9 Å². The van der Waals surface area contributed by atoms with E-state index in [0.29, 0.717) is 6.04 Å². The van der Waals surface area contributed by atoms with Gasteiger partial charge in [-0.2, -0.15) is 0 Å². The van der Waals surface area contributed by atoms with E-state index in [4.69, 9.17) is 0 Å². The summed E-state index contributed by atoms with van der Waals surface area (Å²) in [5, 5.41) is 6.69. The van der Waals surface area contributed by atoms with Gasteiger partial charge in [-0.1, -0.05) is 6.92 Å². The largest absolute Gasteiger partial charge is 0.309 e. The Hall–Kier alpha value is -0.230. The first-order chi connectivity index (χ1) is 8.20. The number of halogens is 1. The molecule has 92 valence electrons. The summed E-state index contributed by atoms with van der Waals surface area (Å²) in [6, 6.07) is 2.52. The van der Waals surface area contributed by atoms with Crippen molar-refractivity contribution in [2.45, 2.75) is 26.3 Å². The van der Waals surface area contributed by atoms with E-state index >= 15 is 0 Å². The Morgan fingerprint density at radius 3 is 3.00 bits per heavy atom. The average Bonchev–Trinajstić information content (AvgIpc) is 2.93. The molecule has 1 unspecified atom stereocenters. The number of nitrogens with zero attached hydrogens (tertiary/aromatic N) is 1. The molecule has 0 aliphatic carbocycles. The molecule has 2 heterocycles. The predicted molar refractivity (Wildman–Crippen MR) is 79.8 cm³/mol. The number of aromatic nitrogens is 1. The maximum atomic E-state index is 4.50. The Morgan fingerprint density at radius 1 is 1.53 bits per heavy atom. The first-order valence-corrected chi connectivity index (χ1v) is 8.13. The third-order valence-corrected chi connectivity index (χ3v) is 5.47. The molecular weight excluding hydrogens is 316 g/mol. The van der Waals surface area contributed by atoms with Gasteiger partial charge >= 0.3 is 0 Å². The van der Waals surface area contributed by atoms with E-state index in [-0.39, 0.29) is 0 Å². The van der Waals surface area contributed by atoms with Crippen molar-refractivity contribution in [1.29, 1.82) is 0 Å². The van der Waals surface area contributed by atoms with E-state index in [1.807, 2.05) is 6.20 Å². The van der Waals surface area contributed by atoms with Crippen molar-refractivity contribution in [2.75, 3.05) is 6.54 Å². The average molecular weight is 331 g/mol. The van der Waals surface area contributed by atoms with Gasteiger partial charge in [0.15, 0.2) is 0 Å². The number of hydrogen-bond acceptors (Lipinski definition) is 4. The summed E-state index contributed by atoms with van der Waals surface area (Å²) in [6.45, 7) is 5.43. The van der Waals surface area contributed by atoms with Crippen molar-refractivity contribution in [3.05, 3.63) is 27.0 Å². The first-order valence-electron chi connectivity index (χ1n) is 5.64. The summed E-state index contributed by atoms with van der Waals surface area (Å²) in [5.41, 5.74) is 0. The Kier molecular flexibility index (Phi) is 4.73. The van der Waals surface area contributed by atoms with Gasteiger partial charge in [0.1, 0.15) is 5.01 Å². The molecule has 17 heavy (non-hydrogen) atoms. The van der Waals surface area contributed by atoms with Crippen LogP contribution in [0.5, 0.6) is 0 Å². The number of thiophene rings is 1. The third kappa shape index (κ3) is 3.37. The lowest BCUT2D eigenvalue weighted by Crippen LogP contribution is -2.18. The van der Waals surface area contributed by atoms with Crippen molar-refractivity contribution in [3.63, 3.8) is 0 Å². The molecule has 0 spiro atoms. The van der Waals surface area contributed by atoms with Crippen LogP contribution in [0.4, 0.5) is 0 Å². The van der Waals surface area contributed by atoms with Crippen molar-refractivity contribution < 1.29 is 0 Å². The molecular formula is C12H15BrN2S2. The maximum Gasteiger partial charge on any atom is 0.133 e. The molecule has 0 aliphatic rings. The topological polar surface area (TPSA) is 24.9 Å². The quantitative estimate of drug-likeness (QED) is 0.859. The van der Waals surface area contributed by atoms with Crippen LogP contribution in [0.2, 0.25) is 0 Å². The highest BCUT2D eigenvalue weighted by Gasteiger charge is 2.11. The van der Waals surface area contributed by atoms with Crippen LogP contribution in [0.3, 0.4) is 0 Å². The molecule has 2 aromatic rings. The van der Waals surface area contributed by atoms with Crippen LogP contribution in [0, 0.1) is 0 Å². The fourth-order valence-electron chi connectivity index (χ4n) is 1.49. The van der Waals surface area contributed by atoms with Crippen molar-refractivity contribution in [1.82, 2.24) is 10.3 Å². The molecule has 0 saturated carbocycles. The molecule has 0 amide bonds. The molecule has 5 heteroatoms. The lowest BCUT2D eigenvalue weighted by molar-refractivity contribution is 0.577. The molecule has 0 saturated heterocycles. The first kappa shape index (κ1) is 13.2. The van der Waals surface area contributed by atoms with Crippen molar-refractivity contribution >= 4 is 38.6 Å². The van der Waals surface area contributed by atoms with Crippen LogP contribution in [0.1, 0.15) is 31.2 Å². The molecule has 2 rings (SSSR count). The standard InChI is InChI=1S/C12H15BrN2S2/c1-3-4-14-8(2)11-6-15-12(17-11)10-5-9(13)7-16-10/h5-8,14H,3-4H2,1-2H3. The summed E-state index contributed by atoms with van der Waals surface area (Å²) in [4.78, 5) is 7.03. The normalized spacial score (nSPS) is 12.9. The second kappa shape index (κ2) is 6.09. The van der Waals surface area contributed by atoms with E-state index in [0.717, 1.165) is 22.4 Å². The maximum absolute atomic E-state index is 4.50. The van der Waals surface area contributed by atoms with E-state index in [1.165, 1.54) is 9.75 Å². The van der Waals surface area contributed by atoms with Gasteiger partial charge in [0.25, 0.3) is 0 Å². The second-order valence-corrected chi connectivity index (χ2v) is 6.76. The number of hydrogen-bond donors (Lipinski definition) is 1. The minimum atomic E-state index is 0.393. The van der Waals surface area contributed by atoms with Gasteiger partial charge in [-0.15, -0.1) is 22.7 Å². The van der Waals surface area contributed by atoms with Crippen LogP contribution >= 0.6 is 38.6 Å². The van der Waals surface area contributed by atoms with E-state index in [2.05, 4.69) is 51.5 Å². The lowest BCUT2D eigenvalue weighted by atomic mass is 10.3. The zero-order valence-corrected chi connectivity index (χ0v) is 13.1. The number of thiazole rings is 1. The van der Waals surface area contributed by atoms with Crippen LogP contribution in [-0.4, -0.2) is 11.5 Å². The monoisotopic (exact) mass is 330 g/mol. The van der Waals surface area contributed by atoms with Crippen LogP contribution in [0.15, 0.2) is 22.1 Å². The minimum absolute atomic E-state index is 0.393. The van der Waals surface area contributed by atoms with Gasteiger partial charge in [0, 0.05) is 27.0 Å². The Balaban J connectivity index is 2.10. The SMILES string of the molecule is CCCNC(C)c1cnc(-c2cc(Br)cs2)s1. The smallest absolute Gasteiger partial charge is 0.133 e. The van der Waals surface area contributed by atoms with Gasteiger partial charge in [-0.3, -0.25) is 0 Å². The molecule has 0 bridgehead atoms. The summed E-state index contributed by atoms with van der Waals surface area (Å²) in [7, 11) is 0. The highest BCUT2D eigenvalue weighted by Crippen LogP contribution is 2.34. The molecule has 0 aliphatic heterocycles. The molecule has 1 N–H and O–H groups in total. The third-order valence-electron chi connectivity index (χ3n) is 2.43. The van der Waals surface area contributed by atoms with Crippen molar-refractivity contribution in [2.24, 2.45) is 0 Å². The van der Waals surface area contributed by atoms with Crippen LogP contribution in [0.25, 0.3) is 9.88 Å². The Labute approximate surface area is 118 Å². The van der Waals surface area contributed by atoms with Gasteiger partial charge in [-0.25, -0.2) is 4.98 Å². The number of nitrogens with one attached hydrogen (secondary N) is 1. The van der Waals surface area contributed by atoms with Crippen molar-refractivity contribution in [3.8, 4) is 9.88 Å². The summed E-state index contributed by atoms with van der Waals surface area (Å²) in [6.07, 6.45) is 3.15. The predicted octanol–water partition coefficient (Wildman–Crippen LogP) is 4.69. The van der Waals surface area contributed by atoms with Gasteiger partial charge < -0.3 is 5.32 Å². The fraction of sp³-hybridized carbons (Fsp3) is 0.417.